The lowest BCUT2D eigenvalue weighted by atomic mass is 9.88. The van der Waals surface area contributed by atoms with Gasteiger partial charge in [0.1, 0.15) is 0 Å². The van der Waals surface area contributed by atoms with Crippen molar-refractivity contribution in [2.75, 3.05) is 0 Å². The average Bonchev–Trinajstić information content (AvgIpc) is 2.48. The van der Waals surface area contributed by atoms with Crippen molar-refractivity contribution in [3.05, 3.63) is 64.7 Å². The van der Waals surface area contributed by atoms with Crippen LogP contribution in [0, 0.1) is 0 Å². The quantitative estimate of drug-likeness (QED) is 0.937. The van der Waals surface area contributed by atoms with Gasteiger partial charge in [0, 0.05) is 11.1 Å². The van der Waals surface area contributed by atoms with E-state index in [4.69, 9.17) is 11.6 Å². The number of aryl methyl sites for hydroxylation is 1. The number of hydrogen-bond donors (Lipinski definition) is 1. The molecule has 0 radical (unpaired) electrons. The Labute approximate surface area is 130 Å². The predicted octanol–water partition coefficient (Wildman–Crippen LogP) is 3.70. The second-order valence-electron chi connectivity index (χ2n) is 5.22. The number of halogens is 1. The van der Waals surface area contributed by atoms with E-state index in [1.807, 2.05) is 18.2 Å². The first-order valence-corrected chi connectivity index (χ1v) is 8.78. The zero-order chi connectivity index (χ0) is 14.9. The monoisotopic (exact) mass is 321 g/mol. The maximum absolute atomic E-state index is 12.5. The van der Waals surface area contributed by atoms with Crippen molar-refractivity contribution < 1.29 is 8.42 Å². The molecular formula is C16H16ClNO2S. The molecule has 1 N–H and O–H groups in total. The summed E-state index contributed by atoms with van der Waals surface area (Å²) in [7, 11) is -3.53. The van der Waals surface area contributed by atoms with E-state index in [2.05, 4.69) is 10.8 Å². The molecule has 3 rings (SSSR count). The SMILES string of the molecule is O=S(=O)(N[C@@H]1CCCc2ccccc21)c1ccc(Cl)cc1. The first kappa shape index (κ1) is 14.6. The molecule has 0 fully saturated rings. The smallest absolute Gasteiger partial charge is 0.207 e. The van der Waals surface area contributed by atoms with Gasteiger partial charge in [-0.3, -0.25) is 0 Å². The molecule has 1 aliphatic rings. The van der Waals surface area contributed by atoms with Crippen molar-refractivity contribution >= 4 is 21.6 Å². The molecule has 0 bridgehead atoms. The minimum atomic E-state index is -3.53. The van der Waals surface area contributed by atoms with Gasteiger partial charge in [0.2, 0.25) is 10.0 Å². The Morgan fingerprint density at radius 3 is 2.52 bits per heavy atom. The van der Waals surface area contributed by atoms with Gasteiger partial charge in [0.25, 0.3) is 0 Å². The third-order valence-corrected chi connectivity index (χ3v) is 5.53. The molecule has 1 aliphatic carbocycles. The summed E-state index contributed by atoms with van der Waals surface area (Å²) >= 11 is 5.81. The minimum Gasteiger partial charge on any atom is -0.207 e. The van der Waals surface area contributed by atoms with Crippen molar-refractivity contribution in [1.82, 2.24) is 4.72 Å². The summed E-state index contributed by atoms with van der Waals surface area (Å²) in [6.45, 7) is 0. The number of fused-ring (bicyclic) bond motifs is 1. The summed E-state index contributed by atoms with van der Waals surface area (Å²) in [4.78, 5) is 0.245. The van der Waals surface area contributed by atoms with Crippen molar-refractivity contribution in [2.45, 2.75) is 30.2 Å². The van der Waals surface area contributed by atoms with E-state index in [-0.39, 0.29) is 10.9 Å². The Balaban J connectivity index is 1.88. The van der Waals surface area contributed by atoms with Crippen LogP contribution in [0.3, 0.4) is 0 Å². The Bertz CT molecular complexity index is 741. The summed E-state index contributed by atoms with van der Waals surface area (Å²) in [6.07, 6.45) is 2.82. The fourth-order valence-corrected chi connectivity index (χ4v) is 4.12. The van der Waals surface area contributed by atoms with Crippen LogP contribution in [0.2, 0.25) is 5.02 Å². The van der Waals surface area contributed by atoms with E-state index in [9.17, 15) is 8.42 Å². The molecule has 2 aromatic rings. The third kappa shape index (κ3) is 3.12. The Kier molecular flexibility index (Phi) is 4.02. The summed E-state index contributed by atoms with van der Waals surface area (Å²) in [5.41, 5.74) is 2.31. The lowest BCUT2D eigenvalue weighted by Gasteiger charge is -2.26. The highest BCUT2D eigenvalue weighted by Gasteiger charge is 2.25. The normalized spacial score (nSPS) is 18.2. The standard InChI is InChI=1S/C16H16ClNO2S/c17-13-8-10-14(11-9-13)21(19,20)18-16-7-3-5-12-4-1-2-6-15(12)16/h1-2,4,6,8-11,16,18H,3,5,7H2/t16-/m1/s1. The molecule has 1 atom stereocenters. The van der Waals surface area contributed by atoms with Crippen LogP contribution in [0.15, 0.2) is 53.4 Å². The molecule has 0 amide bonds. The van der Waals surface area contributed by atoms with Crippen LogP contribution in [0.5, 0.6) is 0 Å². The molecule has 21 heavy (non-hydrogen) atoms. The summed E-state index contributed by atoms with van der Waals surface area (Å²) in [5.74, 6) is 0. The number of nitrogens with one attached hydrogen (secondary N) is 1. The Hall–Kier alpha value is -1.36. The van der Waals surface area contributed by atoms with Gasteiger partial charge in [-0.15, -0.1) is 0 Å². The fraction of sp³-hybridized carbons (Fsp3) is 0.250. The zero-order valence-corrected chi connectivity index (χ0v) is 13.0. The Morgan fingerprint density at radius 2 is 1.76 bits per heavy atom. The van der Waals surface area contributed by atoms with Gasteiger partial charge in [0.15, 0.2) is 0 Å². The van der Waals surface area contributed by atoms with Crippen LogP contribution in [0.1, 0.15) is 30.0 Å². The molecule has 110 valence electrons. The fourth-order valence-electron chi connectivity index (χ4n) is 2.75. The second kappa shape index (κ2) is 5.79. The summed E-state index contributed by atoms with van der Waals surface area (Å²) in [5, 5.41) is 0.525. The number of hydrogen-bond acceptors (Lipinski definition) is 2. The number of sulfonamides is 1. The van der Waals surface area contributed by atoms with Gasteiger partial charge in [-0.2, -0.15) is 0 Å². The van der Waals surface area contributed by atoms with Crippen LogP contribution in [-0.4, -0.2) is 8.42 Å². The number of benzene rings is 2. The highest BCUT2D eigenvalue weighted by atomic mass is 35.5. The van der Waals surface area contributed by atoms with Crippen molar-refractivity contribution in [3.63, 3.8) is 0 Å². The largest absolute Gasteiger partial charge is 0.241 e. The van der Waals surface area contributed by atoms with E-state index in [0.717, 1.165) is 24.8 Å². The molecule has 3 nitrogen and oxygen atoms in total. The van der Waals surface area contributed by atoms with Crippen molar-refractivity contribution in [3.8, 4) is 0 Å². The molecule has 0 saturated carbocycles. The third-order valence-electron chi connectivity index (χ3n) is 3.79. The molecular weight excluding hydrogens is 306 g/mol. The average molecular weight is 322 g/mol. The minimum absolute atomic E-state index is 0.157. The molecule has 0 heterocycles. The number of rotatable bonds is 3. The van der Waals surface area contributed by atoms with Gasteiger partial charge >= 0.3 is 0 Å². The molecule has 0 spiro atoms. The van der Waals surface area contributed by atoms with Gasteiger partial charge < -0.3 is 0 Å². The predicted molar refractivity (Wildman–Crippen MR) is 83.9 cm³/mol. The van der Waals surface area contributed by atoms with Gasteiger partial charge in [-0.05, 0) is 54.7 Å². The lowest BCUT2D eigenvalue weighted by Crippen LogP contribution is -2.31. The van der Waals surface area contributed by atoms with E-state index < -0.39 is 10.0 Å². The molecule has 5 heteroatoms. The summed E-state index contributed by atoms with van der Waals surface area (Å²) in [6, 6.07) is 14.1. The van der Waals surface area contributed by atoms with E-state index in [0.29, 0.717) is 5.02 Å². The van der Waals surface area contributed by atoms with Gasteiger partial charge in [-0.25, -0.2) is 13.1 Å². The van der Waals surface area contributed by atoms with Crippen molar-refractivity contribution in [1.29, 1.82) is 0 Å². The molecule has 0 saturated heterocycles. The van der Waals surface area contributed by atoms with E-state index in [1.54, 1.807) is 12.1 Å². The van der Waals surface area contributed by atoms with Crippen LogP contribution in [-0.2, 0) is 16.4 Å². The highest BCUT2D eigenvalue weighted by Crippen LogP contribution is 2.30. The maximum atomic E-state index is 12.5. The molecule has 0 aromatic heterocycles. The van der Waals surface area contributed by atoms with E-state index in [1.165, 1.54) is 17.7 Å². The first-order valence-electron chi connectivity index (χ1n) is 6.92. The topological polar surface area (TPSA) is 46.2 Å². The molecule has 2 aromatic carbocycles. The summed E-state index contributed by atoms with van der Waals surface area (Å²) < 4.78 is 27.8. The van der Waals surface area contributed by atoms with Gasteiger partial charge in [-0.1, -0.05) is 35.9 Å². The first-order chi connectivity index (χ1) is 10.1. The molecule has 0 aliphatic heterocycles. The lowest BCUT2D eigenvalue weighted by molar-refractivity contribution is 0.507. The van der Waals surface area contributed by atoms with Crippen LogP contribution in [0.25, 0.3) is 0 Å². The molecule has 0 unspecified atom stereocenters. The van der Waals surface area contributed by atoms with Crippen molar-refractivity contribution in [2.24, 2.45) is 0 Å². The van der Waals surface area contributed by atoms with E-state index >= 15 is 0 Å². The Morgan fingerprint density at radius 1 is 1.05 bits per heavy atom. The highest BCUT2D eigenvalue weighted by molar-refractivity contribution is 7.89. The van der Waals surface area contributed by atoms with Crippen LogP contribution < -0.4 is 4.72 Å². The second-order valence-corrected chi connectivity index (χ2v) is 7.37. The van der Waals surface area contributed by atoms with Crippen LogP contribution in [0.4, 0.5) is 0 Å². The maximum Gasteiger partial charge on any atom is 0.241 e. The zero-order valence-electron chi connectivity index (χ0n) is 11.4. The van der Waals surface area contributed by atoms with Gasteiger partial charge in [0.05, 0.1) is 4.90 Å². The van der Waals surface area contributed by atoms with Crippen LogP contribution >= 0.6 is 11.6 Å².